The van der Waals surface area contributed by atoms with Crippen molar-refractivity contribution in [1.82, 2.24) is 10.0 Å². The lowest BCUT2D eigenvalue weighted by atomic mass is 10.1. The van der Waals surface area contributed by atoms with E-state index in [1.165, 1.54) is 31.2 Å². The number of benzene rings is 3. The Morgan fingerprint density at radius 3 is 2.09 bits per heavy atom. The summed E-state index contributed by atoms with van der Waals surface area (Å²) in [6.07, 6.45) is 0. The summed E-state index contributed by atoms with van der Waals surface area (Å²) in [6.45, 7) is 2.20. The predicted octanol–water partition coefficient (Wildman–Crippen LogP) is 3.18. The summed E-state index contributed by atoms with van der Waals surface area (Å²) in [7, 11) is -3.72. The molecule has 0 aromatic heterocycles. The number of ether oxygens (including phenoxy) is 1. The van der Waals surface area contributed by atoms with E-state index in [0.29, 0.717) is 29.8 Å². The highest BCUT2D eigenvalue weighted by Gasteiger charge is 2.14. The number of amides is 1. The van der Waals surface area contributed by atoms with Gasteiger partial charge in [-0.3, -0.25) is 9.59 Å². The fraction of sp³-hybridized carbons (Fsp3) is 0.167. The summed E-state index contributed by atoms with van der Waals surface area (Å²) < 4.78 is 32.9. The molecule has 0 heterocycles. The SMILES string of the molecule is CC(=O)c1ccc(S(=O)(=O)NCc2ccc(C(=O)NCCOc3ccccc3)cc2)cc1. The molecule has 0 atom stereocenters. The van der Waals surface area contributed by atoms with Crippen molar-refractivity contribution in [3.05, 3.63) is 95.6 Å². The summed E-state index contributed by atoms with van der Waals surface area (Å²) in [4.78, 5) is 23.6. The predicted molar refractivity (Wildman–Crippen MR) is 121 cm³/mol. The molecule has 0 aliphatic rings. The molecule has 0 saturated heterocycles. The van der Waals surface area contributed by atoms with E-state index in [0.717, 1.165) is 5.75 Å². The molecule has 8 heteroatoms. The highest BCUT2D eigenvalue weighted by atomic mass is 32.2. The molecule has 32 heavy (non-hydrogen) atoms. The van der Waals surface area contributed by atoms with Crippen LogP contribution in [0, 0.1) is 0 Å². The van der Waals surface area contributed by atoms with Gasteiger partial charge in [-0.15, -0.1) is 0 Å². The van der Waals surface area contributed by atoms with Crippen LogP contribution in [0.3, 0.4) is 0 Å². The zero-order valence-electron chi connectivity index (χ0n) is 17.6. The van der Waals surface area contributed by atoms with Crippen molar-refractivity contribution in [3.63, 3.8) is 0 Å². The highest BCUT2D eigenvalue weighted by Crippen LogP contribution is 2.12. The van der Waals surface area contributed by atoms with Crippen molar-refractivity contribution in [2.75, 3.05) is 13.2 Å². The van der Waals surface area contributed by atoms with Crippen LogP contribution in [0.15, 0.2) is 83.8 Å². The van der Waals surface area contributed by atoms with Crippen molar-refractivity contribution in [2.45, 2.75) is 18.4 Å². The van der Waals surface area contributed by atoms with Crippen LogP contribution in [0.1, 0.15) is 33.2 Å². The van der Waals surface area contributed by atoms with Gasteiger partial charge >= 0.3 is 0 Å². The van der Waals surface area contributed by atoms with E-state index in [4.69, 9.17) is 4.74 Å². The molecule has 7 nitrogen and oxygen atoms in total. The molecule has 3 aromatic rings. The van der Waals surface area contributed by atoms with Gasteiger partial charge in [0.1, 0.15) is 12.4 Å². The number of rotatable bonds is 10. The minimum atomic E-state index is -3.72. The topological polar surface area (TPSA) is 102 Å². The first-order valence-corrected chi connectivity index (χ1v) is 11.5. The van der Waals surface area contributed by atoms with E-state index < -0.39 is 10.0 Å². The van der Waals surface area contributed by atoms with Crippen LogP contribution in [0.2, 0.25) is 0 Å². The third-order valence-corrected chi connectivity index (χ3v) is 6.07. The first kappa shape index (κ1) is 23.2. The van der Waals surface area contributed by atoms with Crippen LogP contribution in [-0.4, -0.2) is 33.3 Å². The zero-order valence-corrected chi connectivity index (χ0v) is 18.4. The Kier molecular flexibility index (Phi) is 7.75. The molecule has 3 rings (SSSR count). The van der Waals surface area contributed by atoms with Gasteiger partial charge in [0.05, 0.1) is 11.4 Å². The smallest absolute Gasteiger partial charge is 0.251 e. The lowest BCUT2D eigenvalue weighted by Gasteiger charge is -2.09. The monoisotopic (exact) mass is 452 g/mol. The molecule has 0 spiro atoms. The quantitative estimate of drug-likeness (QED) is 0.363. The lowest BCUT2D eigenvalue weighted by molar-refractivity contribution is 0.0946. The number of nitrogens with one attached hydrogen (secondary N) is 2. The maximum absolute atomic E-state index is 12.4. The van der Waals surface area contributed by atoms with Crippen molar-refractivity contribution in [1.29, 1.82) is 0 Å². The van der Waals surface area contributed by atoms with Crippen molar-refractivity contribution in [2.24, 2.45) is 0 Å². The second-order valence-corrected chi connectivity index (χ2v) is 8.79. The number of ketones is 1. The Balaban J connectivity index is 1.48. The van der Waals surface area contributed by atoms with Crippen molar-refractivity contribution >= 4 is 21.7 Å². The molecule has 0 aliphatic carbocycles. The van der Waals surface area contributed by atoms with Crippen LogP contribution in [0.5, 0.6) is 5.75 Å². The first-order chi connectivity index (χ1) is 15.3. The van der Waals surface area contributed by atoms with E-state index in [1.807, 2.05) is 30.3 Å². The minimum absolute atomic E-state index is 0.0730. The number of hydrogen-bond donors (Lipinski definition) is 2. The number of carbonyl (C=O) groups is 2. The molecule has 0 unspecified atom stereocenters. The second-order valence-electron chi connectivity index (χ2n) is 7.02. The second kappa shape index (κ2) is 10.7. The van der Waals surface area contributed by atoms with E-state index in [-0.39, 0.29) is 23.1 Å². The molecule has 2 N–H and O–H groups in total. The van der Waals surface area contributed by atoms with Gasteiger partial charge in [-0.1, -0.05) is 42.5 Å². The fourth-order valence-corrected chi connectivity index (χ4v) is 3.87. The van der Waals surface area contributed by atoms with Gasteiger partial charge in [-0.2, -0.15) is 0 Å². The van der Waals surface area contributed by atoms with Crippen LogP contribution in [0.25, 0.3) is 0 Å². The third kappa shape index (κ3) is 6.50. The van der Waals surface area contributed by atoms with Crippen molar-refractivity contribution < 1.29 is 22.7 Å². The zero-order chi connectivity index (χ0) is 23.0. The van der Waals surface area contributed by atoms with Gasteiger partial charge in [0.15, 0.2) is 5.78 Å². The number of sulfonamides is 1. The first-order valence-electron chi connectivity index (χ1n) is 10.0. The van der Waals surface area contributed by atoms with Crippen LogP contribution in [0.4, 0.5) is 0 Å². The molecule has 0 bridgehead atoms. The molecule has 0 saturated carbocycles. The molecule has 3 aromatic carbocycles. The maximum Gasteiger partial charge on any atom is 0.251 e. The number of hydrogen-bond acceptors (Lipinski definition) is 5. The average molecular weight is 453 g/mol. The Labute approximate surface area is 187 Å². The van der Waals surface area contributed by atoms with Crippen LogP contribution >= 0.6 is 0 Å². The Morgan fingerprint density at radius 1 is 0.844 bits per heavy atom. The molecule has 0 aliphatic heterocycles. The van der Waals surface area contributed by atoms with E-state index in [1.54, 1.807) is 24.3 Å². The molecule has 0 radical (unpaired) electrons. The van der Waals surface area contributed by atoms with Crippen LogP contribution in [-0.2, 0) is 16.6 Å². The summed E-state index contributed by atoms with van der Waals surface area (Å²) in [5.41, 5.74) is 1.62. The van der Waals surface area contributed by atoms with Crippen LogP contribution < -0.4 is 14.8 Å². The minimum Gasteiger partial charge on any atom is -0.492 e. The summed E-state index contributed by atoms with van der Waals surface area (Å²) in [5, 5.41) is 2.78. The van der Waals surface area contributed by atoms with Crippen molar-refractivity contribution in [3.8, 4) is 5.75 Å². The molecular formula is C24H24N2O5S. The van der Waals surface area contributed by atoms with Gasteiger partial charge in [-0.25, -0.2) is 13.1 Å². The number of Topliss-reactive ketones (excluding diaryl/α,β-unsaturated/α-hetero) is 1. The van der Waals surface area contributed by atoms with E-state index in [9.17, 15) is 18.0 Å². The third-order valence-electron chi connectivity index (χ3n) is 4.65. The van der Waals surface area contributed by atoms with Gasteiger partial charge < -0.3 is 10.1 Å². The Hall–Kier alpha value is -3.49. The lowest BCUT2D eigenvalue weighted by Crippen LogP contribution is -2.28. The molecule has 166 valence electrons. The number of carbonyl (C=O) groups excluding carboxylic acids is 2. The summed E-state index contributed by atoms with van der Waals surface area (Å²) in [5.74, 6) is 0.373. The van der Waals surface area contributed by atoms with E-state index in [2.05, 4.69) is 10.0 Å². The standard InChI is InChI=1S/C24H24N2O5S/c1-18(27)20-11-13-23(14-12-20)32(29,30)26-17-19-7-9-21(10-8-19)24(28)25-15-16-31-22-5-3-2-4-6-22/h2-14,26H,15-17H2,1H3,(H,25,28). The fourth-order valence-electron chi connectivity index (χ4n) is 2.86. The van der Waals surface area contributed by atoms with Gasteiger partial charge in [0, 0.05) is 17.7 Å². The highest BCUT2D eigenvalue weighted by molar-refractivity contribution is 7.89. The molecule has 1 amide bonds. The molecule has 0 fully saturated rings. The van der Waals surface area contributed by atoms with E-state index >= 15 is 0 Å². The summed E-state index contributed by atoms with van der Waals surface area (Å²) in [6, 6.07) is 21.7. The van der Waals surface area contributed by atoms with Gasteiger partial charge in [-0.05, 0) is 48.9 Å². The Bertz CT molecular complexity index is 1160. The van der Waals surface area contributed by atoms with Gasteiger partial charge in [0.2, 0.25) is 10.0 Å². The van der Waals surface area contributed by atoms with Gasteiger partial charge in [0.25, 0.3) is 5.91 Å². The maximum atomic E-state index is 12.4. The number of para-hydroxylation sites is 1. The Morgan fingerprint density at radius 2 is 1.47 bits per heavy atom. The summed E-state index contributed by atoms with van der Waals surface area (Å²) >= 11 is 0. The largest absolute Gasteiger partial charge is 0.492 e. The average Bonchev–Trinajstić information content (AvgIpc) is 2.81. The molecular weight excluding hydrogens is 428 g/mol. The normalized spacial score (nSPS) is 11.0.